The van der Waals surface area contributed by atoms with E-state index in [2.05, 4.69) is 24.5 Å². The number of carbonyl (C=O) groups is 2. The predicted octanol–water partition coefficient (Wildman–Crippen LogP) is 6.21. The van der Waals surface area contributed by atoms with Gasteiger partial charge in [-0.05, 0) is 86.1 Å². The largest absolute Gasteiger partial charge is 0.478 e. The Kier molecular flexibility index (Phi) is 8.32. The number of carboxylic acid groups (broad SMARTS) is 1. The van der Waals surface area contributed by atoms with E-state index in [1.807, 2.05) is 23.1 Å². The lowest BCUT2D eigenvalue weighted by atomic mass is 9.60. The number of benzene rings is 2. The van der Waals surface area contributed by atoms with Crippen LogP contribution in [-0.4, -0.2) is 91.7 Å². The second-order valence-corrected chi connectivity index (χ2v) is 15.9. The number of likely N-dealkylation sites (tertiary alicyclic amines) is 1. The molecule has 0 radical (unpaired) electrons. The zero-order chi connectivity index (χ0) is 36.6. The SMILES string of the molecule is CC(=O)N1CCc2c(c(N3CCCc4cc(-c5cnn(C)c5)c(C(F)F)cc43)nn2C2CCN(C3CC4(C3)CN(c3ccc(C(=O)O)cc3)C4)CC2)C1. The van der Waals surface area contributed by atoms with E-state index >= 15 is 0 Å². The number of aromatic carboxylic acids is 1. The van der Waals surface area contributed by atoms with Crippen molar-refractivity contribution >= 4 is 29.1 Å². The van der Waals surface area contributed by atoms with Crippen molar-refractivity contribution in [1.29, 1.82) is 0 Å². The normalized spacial score (nSPS) is 20.4. The molecular weight excluding hydrogens is 678 g/mol. The van der Waals surface area contributed by atoms with Crippen molar-refractivity contribution in [2.75, 3.05) is 49.1 Å². The molecule has 5 aliphatic rings. The molecule has 53 heavy (non-hydrogen) atoms. The number of rotatable bonds is 7. The molecule has 2 aromatic heterocycles. The Hall–Kier alpha value is -4.78. The molecule has 0 bridgehead atoms. The minimum Gasteiger partial charge on any atom is -0.478 e. The molecule has 3 fully saturated rings. The van der Waals surface area contributed by atoms with Crippen molar-refractivity contribution in [3.63, 3.8) is 0 Å². The molecule has 11 nitrogen and oxygen atoms in total. The number of nitrogens with zero attached hydrogens (tertiary/aromatic N) is 8. The summed E-state index contributed by atoms with van der Waals surface area (Å²) in [6.07, 6.45) is 7.57. The highest BCUT2D eigenvalue weighted by atomic mass is 19.3. The van der Waals surface area contributed by atoms with E-state index in [4.69, 9.17) is 5.10 Å². The quantitative estimate of drug-likeness (QED) is 0.240. The molecule has 1 amide bonds. The minimum atomic E-state index is -2.64. The number of aromatic nitrogens is 4. The van der Waals surface area contributed by atoms with Crippen LogP contribution in [0.15, 0.2) is 48.8 Å². The van der Waals surface area contributed by atoms with Crippen molar-refractivity contribution in [3.8, 4) is 11.1 Å². The van der Waals surface area contributed by atoms with E-state index in [0.717, 1.165) is 86.6 Å². The Balaban J connectivity index is 0.922. The molecule has 2 aromatic carbocycles. The summed E-state index contributed by atoms with van der Waals surface area (Å²) in [4.78, 5) is 32.9. The lowest BCUT2D eigenvalue weighted by molar-refractivity contribution is -0.129. The van der Waals surface area contributed by atoms with Crippen LogP contribution in [0, 0.1) is 5.41 Å². The first kappa shape index (κ1) is 34.0. The Morgan fingerprint density at radius 2 is 1.74 bits per heavy atom. The molecule has 1 saturated carbocycles. The number of amides is 1. The number of hydrogen-bond donors (Lipinski definition) is 1. The predicted molar refractivity (Wildman–Crippen MR) is 197 cm³/mol. The fourth-order valence-electron chi connectivity index (χ4n) is 9.79. The maximum atomic E-state index is 14.7. The van der Waals surface area contributed by atoms with Crippen LogP contribution < -0.4 is 9.80 Å². The number of piperidine rings is 1. The molecular formula is C40H46F2N8O3. The third-order valence-corrected chi connectivity index (χ3v) is 12.6. The maximum Gasteiger partial charge on any atom is 0.335 e. The van der Waals surface area contributed by atoms with Crippen LogP contribution in [0.2, 0.25) is 0 Å². The fourth-order valence-corrected chi connectivity index (χ4v) is 9.79. The topological polar surface area (TPSA) is 103 Å². The number of aryl methyl sites for hydroxylation is 2. The molecule has 4 aromatic rings. The van der Waals surface area contributed by atoms with Crippen LogP contribution in [0.1, 0.15) is 84.2 Å². The van der Waals surface area contributed by atoms with Crippen molar-refractivity contribution in [3.05, 3.63) is 76.7 Å². The first-order chi connectivity index (χ1) is 25.6. The molecule has 6 heterocycles. The lowest BCUT2D eigenvalue weighted by Crippen LogP contribution is -2.67. The summed E-state index contributed by atoms with van der Waals surface area (Å²) < 4.78 is 33.2. The highest BCUT2D eigenvalue weighted by Gasteiger charge is 2.54. The molecule has 1 N–H and O–H groups in total. The van der Waals surface area contributed by atoms with Crippen LogP contribution in [0.4, 0.5) is 26.0 Å². The summed E-state index contributed by atoms with van der Waals surface area (Å²) in [6, 6.07) is 11.6. The highest BCUT2D eigenvalue weighted by Crippen LogP contribution is 2.52. The Bertz CT molecular complexity index is 2050. The number of hydrogen-bond acceptors (Lipinski definition) is 7. The van der Waals surface area contributed by atoms with Gasteiger partial charge in [-0.1, -0.05) is 0 Å². The second-order valence-electron chi connectivity index (χ2n) is 15.9. The van der Waals surface area contributed by atoms with Crippen molar-refractivity contribution in [1.82, 2.24) is 29.4 Å². The van der Waals surface area contributed by atoms with Gasteiger partial charge in [0.15, 0.2) is 5.82 Å². The van der Waals surface area contributed by atoms with Gasteiger partial charge in [0.1, 0.15) is 0 Å². The third-order valence-electron chi connectivity index (χ3n) is 12.6. The van der Waals surface area contributed by atoms with Crippen molar-refractivity contribution < 1.29 is 23.5 Å². The van der Waals surface area contributed by atoms with E-state index in [-0.39, 0.29) is 17.5 Å². The smallest absolute Gasteiger partial charge is 0.335 e. The summed E-state index contributed by atoms with van der Waals surface area (Å²) in [7, 11) is 1.79. The summed E-state index contributed by atoms with van der Waals surface area (Å²) >= 11 is 0. The molecule has 4 aliphatic heterocycles. The summed E-state index contributed by atoms with van der Waals surface area (Å²) in [5, 5.41) is 18.8. The molecule has 9 rings (SSSR count). The zero-order valence-corrected chi connectivity index (χ0v) is 30.3. The molecule has 0 atom stereocenters. The monoisotopic (exact) mass is 724 g/mol. The molecule has 1 spiro atoms. The molecule has 0 unspecified atom stereocenters. The number of fused-ring (bicyclic) bond motifs is 2. The number of halogens is 2. The Morgan fingerprint density at radius 1 is 0.981 bits per heavy atom. The third kappa shape index (κ3) is 5.97. The van der Waals surface area contributed by atoms with Gasteiger partial charge in [-0.15, -0.1) is 0 Å². The minimum absolute atomic E-state index is 0.00327. The average molecular weight is 725 g/mol. The number of carboxylic acids is 1. The van der Waals surface area contributed by atoms with Crippen LogP contribution in [-0.2, 0) is 31.2 Å². The van der Waals surface area contributed by atoms with E-state index in [0.29, 0.717) is 47.8 Å². The fraction of sp³-hybridized carbons (Fsp3) is 0.500. The van der Waals surface area contributed by atoms with E-state index in [1.165, 1.54) is 18.5 Å². The van der Waals surface area contributed by atoms with Gasteiger partial charge in [-0.3, -0.25) is 14.2 Å². The number of anilines is 3. The Morgan fingerprint density at radius 3 is 2.40 bits per heavy atom. The average Bonchev–Trinajstić information content (AvgIpc) is 3.73. The van der Waals surface area contributed by atoms with Gasteiger partial charge in [0.05, 0.1) is 24.3 Å². The van der Waals surface area contributed by atoms with E-state index in [9.17, 15) is 23.5 Å². The van der Waals surface area contributed by atoms with Gasteiger partial charge < -0.3 is 24.7 Å². The van der Waals surface area contributed by atoms with Crippen molar-refractivity contribution in [2.45, 2.75) is 76.9 Å². The second kappa shape index (κ2) is 13.0. The molecule has 2 saturated heterocycles. The van der Waals surface area contributed by atoms with Gasteiger partial charge in [-0.25, -0.2) is 13.6 Å². The van der Waals surface area contributed by atoms with Gasteiger partial charge in [-0.2, -0.15) is 10.2 Å². The molecule has 278 valence electrons. The van der Waals surface area contributed by atoms with Gasteiger partial charge in [0.2, 0.25) is 5.91 Å². The van der Waals surface area contributed by atoms with Crippen molar-refractivity contribution in [2.24, 2.45) is 12.5 Å². The van der Waals surface area contributed by atoms with Gasteiger partial charge in [0, 0.05) is 111 Å². The summed E-state index contributed by atoms with van der Waals surface area (Å²) in [5.74, 6) is -0.0622. The Labute approximate surface area is 307 Å². The summed E-state index contributed by atoms with van der Waals surface area (Å²) in [6.45, 7) is 7.49. The van der Waals surface area contributed by atoms with Crippen LogP contribution in [0.3, 0.4) is 0 Å². The van der Waals surface area contributed by atoms with Gasteiger partial charge >= 0.3 is 5.97 Å². The highest BCUT2D eigenvalue weighted by molar-refractivity contribution is 5.88. The first-order valence-electron chi connectivity index (χ1n) is 19.0. The molecule has 13 heteroatoms. The zero-order valence-electron chi connectivity index (χ0n) is 30.3. The summed E-state index contributed by atoms with van der Waals surface area (Å²) in [5.41, 5.74) is 7.01. The van der Waals surface area contributed by atoms with Crippen LogP contribution in [0.5, 0.6) is 0 Å². The number of alkyl halides is 2. The lowest BCUT2D eigenvalue weighted by Gasteiger charge is -2.62. The van der Waals surface area contributed by atoms with Gasteiger partial charge in [0.25, 0.3) is 6.43 Å². The first-order valence-corrected chi connectivity index (χ1v) is 19.0. The number of carbonyl (C=O) groups excluding carboxylic acids is 1. The van der Waals surface area contributed by atoms with E-state index < -0.39 is 12.4 Å². The van der Waals surface area contributed by atoms with E-state index in [1.54, 1.807) is 49.2 Å². The maximum absolute atomic E-state index is 14.7. The standard InChI is InChI=1S/C40H46F2N8O3/c1-25(51)47-15-11-35-34(22-47)38(49-12-3-4-27-16-32(28-20-43-45(2)21-28)33(37(41)42)17-36(27)49)44-50(35)30-9-13-46(14-10-30)31-18-40(19-31)23-48(24-40)29-7-5-26(6-8-29)39(52)53/h5-8,16-17,20-21,30-31,37H,3-4,9-15,18-19,22-24H2,1-2H3,(H,52,53). The van der Waals surface area contributed by atoms with Crippen LogP contribution >= 0.6 is 0 Å². The van der Waals surface area contributed by atoms with Crippen LogP contribution in [0.25, 0.3) is 11.1 Å². The molecule has 1 aliphatic carbocycles.